The first kappa shape index (κ1) is 24.2. The molecule has 3 aliphatic rings. The van der Waals surface area contributed by atoms with Crippen molar-refractivity contribution in [2.24, 2.45) is 11.7 Å². The Hall–Kier alpha value is -2.91. The van der Waals surface area contributed by atoms with Gasteiger partial charge in [-0.2, -0.15) is 0 Å². The maximum Gasteiger partial charge on any atom is 0.203 e. The predicted octanol–water partition coefficient (Wildman–Crippen LogP) is 2.30. The molecule has 4 heterocycles. The SMILES string of the molecule is CC1=C(C2CCN(C(C)C)CC2)NC(N)N(C)C1=C1C(=O)C=CC(c2ccnc(N)c2F)N1C. The van der Waals surface area contributed by atoms with Crippen molar-refractivity contribution >= 4 is 11.6 Å². The van der Waals surface area contributed by atoms with Crippen LogP contribution in [0.15, 0.2) is 47.1 Å². The number of nitrogen functional groups attached to an aromatic ring is 1. The van der Waals surface area contributed by atoms with Crippen LogP contribution in [-0.2, 0) is 4.79 Å². The lowest BCUT2D eigenvalue weighted by atomic mass is 9.87. The van der Waals surface area contributed by atoms with E-state index in [1.807, 2.05) is 23.8 Å². The second-order valence-electron chi connectivity index (χ2n) is 9.72. The summed E-state index contributed by atoms with van der Waals surface area (Å²) in [5.41, 5.74) is 16.0. The Balaban J connectivity index is 1.76. The highest BCUT2D eigenvalue weighted by Gasteiger charge is 2.37. The van der Waals surface area contributed by atoms with Gasteiger partial charge >= 0.3 is 0 Å². The number of carbonyl (C=O) groups is 1. The lowest BCUT2D eigenvalue weighted by Gasteiger charge is -2.44. The normalized spacial score (nSPS) is 27.1. The fourth-order valence-corrected chi connectivity index (χ4v) is 5.37. The van der Waals surface area contributed by atoms with E-state index < -0.39 is 18.1 Å². The van der Waals surface area contributed by atoms with Crippen molar-refractivity contribution in [3.63, 3.8) is 0 Å². The first-order chi connectivity index (χ1) is 16.1. The standard InChI is InChI=1S/C25H36FN7O/c1-14(2)33-12-9-16(10-13-33)21-15(3)22(32(5)25(28)30-21)23-19(34)7-6-18(31(23)4)17-8-11-29-24(27)20(17)26/h6-8,11,14,16,18,25,30H,9-10,12-13,28H2,1-5H3,(H2,27,29). The largest absolute Gasteiger partial charge is 0.381 e. The smallest absolute Gasteiger partial charge is 0.203 e. The number of halogens is 1. The van der Waals surface area contributed by atoms with Gasteiger partial charge in [-0.05, 0) is 64.4 Å². The predicted molar refractivity (Wildman–Crippen MR) is 131 cm³/mol. The molecule has 0 aromatic carbocycles. The van der Waals surface area contributed by atoms with Crippen LogP contribution in [0.2, 0.25) is 0 Å². The Morgan fingerprint density at radius 1 is 1.18 bits per heavy atom. The molecule has 1 saturated heterocycles. The van der Waals surface area contributed by atoms with E-state index in [2.05, 4.69) is 29.0 Å². The van der Waals surface area contributed by atoms with Crippen LogP contribution >= 0.6 is 0 Å². The van der Waals surface area contributed by atoms with E-state index >= 15 is 0 Å². The summed E-state index contributed by atoms with van der Waals surface area (Å²) in [6.07, 6.45) is 6.29. The van der Waals surface area contributed by atoms with Crippen LogP contribution < -0.4 is 16.8 Å². The third-order valence-electron chi connectivity index (χ3n) is 7.42. The van der Waals surface area contributed by atoms with Crippen molar-refractivity contribution in [2.75, 3.05) is 32.9 Å². The van der Waals surface area contributed by atoms with Crippen molar-refractivity contribution in [1.82, 2.24) is 25.0 Å². The average Bonchev–Trinajstić information content (AvgIpc) is 2.81. The van der Waals surface area contributed by atoms with E-state index in [9.17, 15) is 9.18 Å². The number of nitrogens with two attached hydrogens (primary N) is 2. The molecule has 0 amide bonds. The van der Waals surface area contributed by atoms with Gasteiger partial charge in [-0.25, -0.2) is 9.37 Å². The fraction of sp³-hybridized carbons (Fsp3) is 0.520. The van der Waals surface area contributed by atoms with Gasteiger partial charge in [-0.1, -0.05) is 6.08 Å². The van der Waals surface area contributed by atoms with E-state index in [1.165, 1.54) is 12.3 Å². The molecule has 1 aromatic heterocycles. The summed E-state index contributed by atoms with van der Waals surface area (Å²) in [6.45, 7) is 8.56. The third kappa shape index (κ3) is 4.18. The van der Waals surface area contributed by atoms with Crippen LogP contribution in [0.25, 0.3) is 0 Å². The number of aromatic nitrogens is 1. The van der Waals surface area contributed by atoms with Crippen molar-refractivity contribution in [3.8, 4) is 0 Å². The monoisotopic (exact) mass is 469 g/mol. The van der Waals surface area contributed by atoms with Crippen molar-refractivity contribution < 1.29 is 9.18 Å². The minimum absolute atomic E-state index is 0.134. The highest BCUT2D eigenvalue weighted by Crippen LogP contribution is 2.38. The van der Waals surface area contributed by atoms with Gasteiger partial charge in [0.25, 0.3) is 0 Å². The Morgan fingerprint density at radius 3 is 2.50 bits per heavy atom. The second-order valence-corrected chi connectivity index (χ2v) is 9.72. The van der Waals surface area contributed by atoms with Crippen molar-refractivity contribution in [3.05, 3.63) is 58.5 Å². The first-order valence-electron chi connectivity index (χ1n) is 11.9. The highest BCUT2D eigenvalue weighted by atomic mass is 19.1. The van der Waals surface area contributed by atoms with E-state index in [0.717, 1.165) is 42.9 Å². The van der Waals surface area contributed by atoms with Gasteiger partial charge in [-0.3, -0.25) is 10.5 Å². The van der Waals surface area contributed by atoms with Gasteiger partial charge < -0.3 is 25.8 Å². The summed E-state index contributed by atoms with van der Waals surface area (Å²) < 4.78 is 14.8. The second kappa shape index (κ2) is 9.38. The molecule has 1 aromatic rings. The number of rotatable bonds is 3. The zero-order valence-electron chi connectivity index (χ0n) is 20.7. The molecule has 0 bridgehead atoms. The van der Waals surface area contributed by atoms with Crippen molar-refractivity contribution in [2.45, 2.75) is 52.0 Å². The van der Waals surface area contributed by atoms with Crippen LogP contribution in [0.3, 0.4) is 0 Å². The van der Waals surface area contributed by atoms with Gasteiger partial charge in [-0.15, -0.1) is 0 Å². The molecular formula is C25H36FN7O. The number of likely N-dealkylation sites (tertiary alicyclic amines) is 1. The Morgan fingerprint density at radius 2 is 1.85 bits per heavy atom. The Kier molecular flexibility index (Phi) is 6.69. The number of hydrogen-bond acceptors (Lipinski definition) is 8. The molecule has 2 atom stereocenters. The molecule has 3 aliphatic heterocycles. The van der Waals surface area contributed by atoms with Crippen LogP contribution in [0, 0.1) is 11.7 Å². The maximum atomic E-state index is 14.8. The van der Waals surface area contributed by atoms with Gasteiger partial charge in [0, 0.05) is 43.5 Å². The molecule has 9 heteroatoms. The molecule has 0 spiro atoms. The molecule has 4 rings (SSSR count). The summed E-state index contributed by atoms with van der Waals surface area (Å²) in [7, 11) is 3.68. The molecular weight excluding hydrogens is 433 g/mol. The average molecular weight is 470 g/mol. The zero-order chi connectivity index (χ0) is 24.7. The van der Waals surface area contributed by atoms with Gasteiger partial charge in [0.05, 0.1) is 11.7 Å². The quantitative estimate of drug-likeness (QED) is 0.580. The van der Waals surface area contributed by atoms with Crippen LogP contribution in [0.5, 0.6) is 0 Å². The molecule has 5 N–H and O–H groups in total. The number of pyridine rings is 1. The number of likely N-dealkylation sites (N-methyl/N-ethyl adjacent to an activating group) is 2. The number of anilines is 1. The van der Waals surface area contributed by atoms with Gasteiger partial charge in [0.2, 0.25) is 5.78 Å². The summed E-state index contributed by atoms with van der Waals surface area (Å²) in [5, 5.41) is 3.49. The molecule has 184 valence electrons. The van der Waals surface area contributed by atoms with Gasteiger partial charge in [0.1, 0.15) is 5.70 Å². The molecule has 0 saturated carbocycles. The van der Waals surface area contributed by atoms with Crippen LogP contribution in [0.1, 0.15) is 45.2 Å². The van der Waals surface area contributed by atoms with Crippen molar-refractivity contribution in [1.29, 1.82) is 0 Å². The lowest BCUT2D eigenvalue weighted by Crippen LogP contribution is -2.55. The number of piperidine rings is 1. The minimum atomic E-state index is -0.567. The summed E-state index contributed by atoms with van der Waals surface area (Å²) in [4.78, 5) is 23.2. The Labute approximate surface area is 201 Å². The molecule has 34 heavy (non-hydrogen) atoms. The summed E-state index contributed by atoms with van der Waals surface area (Å²) in [5.74, 6) is -0.510. The van der Waals surface area contributed by atoms with E-state index in [-0.39, 0.29) is 11.6 Å². The highest BCUT2D eigenvalue weighted by molar-refractivity contribution is 6.05. The van der Waals surface area contributed by atoms with E-state index in [0.29, 0.717) is 23.2 Å². The zero-order valence-corrected chi connectivity index (χ0v) is 20.7. The minimum Gasteiger partial charge on any atom is -0.381 e. The molecule has 0 aliphatic carbocycles. The summed E-state index contributed by atoms with van der Waals surface area (Å²) >= 11 is 0. The topological polar surface area (TPSA) is 104 Å². The number of ketones is 1. The van der Waals surface area contributed by atoms with Gasteiger partial charge in [0.15, 0.2) is 17.9 Å². The fourth-order valence-electron chi connectivity index (χ4n) is 5.37. The summed E-state index contributed by atoms with van der Waals surface area (Å²) in [6, 6.07) is 1.64. The van der Waals surface area contributed by atoms with Crippen LogP contribution in [-0.4, -0.2) is 65.0 Å². The molecule has 1 fully saturated rings. The molecule has 0 radical (unpaired) electrons. The third-order valence-corrected chi connectivity index (χ3v) is 7.42. The number of hydrogen-bond donors (Lipinski definition) is 3. The lowest BCUT2D eigenvalue weighted by molar-refractivity contribution is -0.113. The van der Waals surface area contributed by atoms with E-state index in [4.69, 9.17) is 11.5 Å². The van der Waals surface area contributed by atoms with Crippen LogP contribution in [0.4, 0.5) is 10.2 Å². The maximum absolute atomic E-state index is 14.8. The number of allylic oxidation sites excluding steroid dienone is 3. The number of nitrogens with one attached hydrogen (secondary N) is 1. The molecule has 8 nitrogen and oxygen atoms in total. The van der Waals surface area contributed by atoms with E-state index in [1.54, 1.807) is 19.2 Å². The Bertz CT molecular complexity index is 1060. The molecule has 2 unspecified atom stereocenters. The number of nitrogens with zero attached hydrogens (tertiary/aromatic N) is 4. The first-order valence-corrected chi connectivity index (χ1v) is 11.9. The number of carbonyl (C=O) groups excluding carboxylic acids is 1.